The van der Waals surface area contributed by atoms with E-state index in [2.05, 4.69) is 9.97 Å². The summed E-state index contributed by atoms with van der Waals surface area (Å²) in [6, 6.07) is 9.37. The van der Waals surface area contributed by atoms with Gasteiger partial charge in [-0.25, -0.2) is 14.6 Å². The number of H-pyrrole nitrogens is 1. The minimum atomic E-state index is -0.759. The first-order chi connectivity index (χ1) is 17.3. The summed E-state index contributed by atoms with van der Waals surface area (Å²) in [6.07, 6.45) is 2.55. The molecule has 9 nitrogen and oxygen atoms in total. The summed E-state index contributed by atoms with van der Waals surface area (Å²) in [5.41, 5.74) is -1.10. The number of hydrogen-bond donors (Lipinski definition) is 1. The normalized spacial score (nSPS) is 16.6. The zero-order valence-electron chi connectivity index (χ0n) is 22.8. The molecule has 0 spiro atoms. The second-order valence-corrected chi connectivity index (χ2v) is 11.4. The van der Waals surface area contributed by atoms with Crippen LogP contribution in [0.25, 0.3) is 0 Å². The molecule has 1 unspecified atom stereocenters. The molecule has 2 aromatic rings. The number of aromatic nitrogens is 2. The average molecular weight is 514 g/mol. The number of carbonyl (C=O) groups is 2. The molecule has 1 saturated heterocycles. The Bertz CT molecular complexity index is 1130. The van der Waals surface area contributed by atoms with Crippen LogP contribution in [0.4, 0.5) is 4.79 Å². The standard InChI is InChI=1S/C28H39N3O6/c1-27(2,3)36-25(33)22-23(35-18-20-11-8-7-9-12-20)24(32)30-21(29-22)17-19-13-10-15-31(16-14-19)26(34)37-28(4,5)6/h7-9,11-12,19H,10,13-18H2,1-6H3,(H,29,30,32). The lowest BCUT2D eigenvalue weighted by Gasteiger charge is -2.26. The van der Waals surface area contributed by atoms with E-state index in [1.54, 1.807) is 25.7 Å². The van der Waals surface area contributed by atoms with Gasteiger partial charge in [-0.05, 0) is 72.3 Å². The summed E-state index contributed by atoms with van der Waals surface area (Å²) in [6.45, 7) is 12.1. The van der Waals surface area contributed by atoms with Gasteiger partial charge in [0, 0.05) is 19.5 Å². The van der Waals surface area contributed by atoms with E-state index in [9.17, 15) is 14.4 Å². The molecule has 9 heteroatoms. The first-order valence-corrected chi connectivity index (χ1v) is 12.8. The van der Waals surface area contributed by atoms with E-state index in [0.29, 0.717) is 25.3 Å². The van der Waals surface area contributed by atoms with E-state index < -0.39 is 22.7 Å². The Morgan fingerprint density at radius 2 is 1.68 bits per heavy atom. The highest BCUT2D eigenvalue weighted by Gasteiger charge is 2.28. The third kappa shape index (κ3) is 8.91. The fraction of sp³-hybridized carbons (Fsp3) is 0.571. The Morgan fingerprint density at radius 1 is 1.00 bits per heavy atom. The number of hydrogen-bond acceptors (Lipinski definition) is 7. The lowest BCUT2D eigenvalue weighted by atomic mass is 9.96. The predicted octanol–water partition coefficient (Wildman–Crippen LogP) is 4.88. The van der Waals surface area contributed by atoms with E-state index in [1.165, 1.54) is 0 Å². The van der Waals surface area contributed by atoms with Crippen LogP contribution in [0.3, 0.4) is 0 Å². The number of nitrogens with one attached hydrogen (secondary N) is 1. The van der Waals surface area contributed by atoms with Gasteiger partial charge in [0.25, 0.3) is 5.56 Å². The lowest BCUT2D eigenvalue weighted by molar-refractivity contribution is 0.00563. The van der Waals surface area contributed by atoms with Gasteiger partial charge in [0.2, 0.25) is 5.75 Å². The fourth-order valence-electron chi connectivity index (χ4n) is 4.09. The van der Waals surface area contributed by atoms with Crippen LogP contribution in [0.5, 0.6) is 5.75 Å². The molecule has 3 rings (SSSR count). The number of amides is 1. The van der Waals surface area contributed by atoms with Crippen molar-refractivity contribution in [2.75, 3.05) is 13.1 Å². The monoisotopic (exact) mass is 513 g/mol. The molecule has 0 aliphatic carbocycles. The van der Waals surface area contributed by atoms with Gasteiger partial charge in [-0.3, -0.25) is 4.79 Å². The SMILES string of the molecule is CC(C)(C)OC(=O)c1nc(CC2CCCN(C(=O)OC(C)(C)C)CC2)[nH]c(=O)c1OCc1ccccc1. The van der Waals surface area contributed by atoms with E-state index in [0.717, 1.165) is 24.8 Å². The van der Waals surface area contributed by atoms with Gasteiger partial charge in [0.1, 0.15) is 23.6 Å². The van der Waals surface area contributed by atoms with Crippen molar-refractivity contribution >= 4 is 12.1 Å². The first-order valence-electron chi connectivity index (χ1n) is 12.8. The Labute approximate surface area is 218 Å². The molecule has 2 heterocycles. The summed E-state index contributed by atoms with van der Waals surface area (Å²) in [7, 11) is 0. The fourth-order valence-corrected chi connectivity index (χ4v) is 4.09. The average Bonchev–Trinajstić information content (AvgIpc) is 3.02. The third-order valence-corrected chi connectivity index (χ3v) is 5.73. The number of ether oxygens (including phenoxy) is 3. The quantitative estimate of drug-likeness (QED) is 0.548. The molecule has 37 heavy (non-hydrogen) atoms. The van der Waals surface area contributed by atoms with Crippen molar-refractivity contribution in [2.45, 2.75) is 85.0 Å². The Morgan fingerprint density at radius 3 is 2.32 bits per heavy atom. The number of carbonyl (C=O) groups excluding carboxylic acids is 2. The third-order valence-electron chi connectivity index (χ3n) is 5.73. The largest absolute Gasteiger partial charge is 0.481 e. The molecule has 1 aromatic heterocycles. The number of esters is 1. The molecule has 1 atom stereocenters. The van der Waals surface area contributed by atoms with Gasteiger partial charge in [-0.15, -0.1) is 0 Å². The molecule has 1 aliphatic heterocycles. The zero-order valence-corrected chi connectivity index (χ0v) is 22.8. The lowest BCUT2D eigenvalue weighted by Crippen LogP contribution is -2.37. The van der Waals surface area contributed by atoms with Crippen molar-refractivity contribution in [2.24, 2.45) is 5.92 Å². The van der Waals surface area contributed by atoms with Crippen molar-refractivity contribution in [3.8, 4) is 5.75 Å². The second kappa shape index (κ2) is 11.8. The zero-order chi connectivity index (χ0) is 27.2. The molecule has 1 amide bonds. The molecule has 1 aromatic carbocycles. The van der Waals surface area contributed by atoms with Gasteiger partial charge in [0.05, 0.1) is 0 Å². The molecule has 0 saturated carbocycles. The van der Waals surface area contributed by atoms with Crippen LogP contribution in [0.15, 0.2) is 35.1 Å². The van der Waals surface area contributed by atoms with Crippen LogP contribution in [0.1, 0.15) is 82.7 Å². The summed E-state index contributed by atoms with van der Waals surface area (Å²) in [4.78, 5) is 47.6. The van der Waals surface area contributed by atoms with Crippen molar-refractivity contribution in [3.63, 3.8) is 0 Å². The van der Waals surface area contributed by atoms with Crippen molar-refractivity contribution in [3.05, 3.63) is 57.8 Å². The predicted molar refractivity (Wildman–Crippen MR) is 140 cm³/mol. The number of nitrogens with zero attached hydrogens (tertiary/aromatic N) is 2. The van der Waals surface area contributed by atoms with Crippen LogP contribution < -0.4 is 10.3 Å². The van der Waals surface area contributed by atoms with E-state index in [1.807, 2.05) is 51.1 Å². The second-order valence-electron chi connectivity index (χ2n) is 11.4. The van der Waals surface area contributed by atoms with Crippen molar-refractivity contribution in [1.82, 2.24) is 14.9 Å². The highest BCUT2D eigenvalue weighted by molar-refractivity contribution is 5.90. The molecular formula is C28H39N3O6. The number of aromatic amines is 1. The van der Waals surface area contributed by atoms with Crippen LogP contribution in [-0.2, 0) is 22.5 Å². The highest BCUT2D eigenvalue weighted by Crippen LogP contribution is 2.24. The van der Waals surface area contributed by atoms with E-state index in [4.69, 9.17) is 14.2 Å². The van der Waals surface area contributed by atoms with Crippen molar-refractivity contribution in [1.29, 1.82) is 0 Å². The van der Waals surface area contributed by atoms with Gasteiger partial charge < -0.3 is 24.1 Å². The summed E-state index contributed by atoms with van der Waals surface area (Å²) in [5, 5.41) is 0. The summed E-state index contributed by atoms with van der Waals surface area (Å²) in [5.74, 6) is -0.287. The van der Waals surface area contributed by atoms with Crippen LogP contribution in [0, 0.1) is 5.92 Å². The molecule has 1 N–H and O–H groups in total. The van der Waals surface area contributed by atoms with Crippen molar-refractivity contribution < 1.29 is 23.8 Å². The van der Waals surface area contributed by atoms with Gasteiger partial charge >= 0.3 is 12.1 Å². The Balaban J connectivity index is 1.77. The molecule has 0 radical (unpaired) electrons. The Kier molecular flexibility index (Phi) is 8.99. The smallest absolute Gasteiger partial charge is 0.410 e. The Hall–Kier alpha value is -3.36. The van der Waals surface area contributed by atoms with E-state index in [-0.39, 0.29) is 30.1 Å². The molecular weight excluding hydrogens is 474 g/mol. The van der Waals surface area contributed by atoms with E-state index >= 15 is 0 Å². The van der Waals surface area contributed by atoms with Gasteiger partial charge in [-0.1, -0.05) is 30.3 Å². The number of likely N-dealkylation sites (tertiary alicyclic amines) is 1. The molecule has 1 aliphatic rings. The minimum Gasteiger partial charge on any atom is -0.481 e. The maximum atomic E-state index is 13.0. The minimum absolute atomic E-state index is 0.115. The number of benzene rings is 1. The van der Waals surface area contributed by atoms with Gasteiger partial charge in [0.15, 0.2) is 5.69 Å². The summed E-state index contributed by atoms with van der Waals surface area (Å²) >= 11 is 0. The highest BCUT2D eigenvalue weighted by atomic mass is 16.6. The molecule has 1 fully saturated rings. The van der Waals surface area contributed by atoms with Crippen LogP contribution >= 0.6 is 0 Å². The number of rotatable bonds is 6. The first kappa shape index (κ1) is 28.2. The topological polar surface area (TPSA) is 111 Å². The molecule has 202 valence electrons. The van der Waals surface area contributed by atoms with Crippen LogP contribution in [0.2, 0.25) is 0 Å². The summed E-state index contributed by atoms with van der Waals surface area (Å²) < 4.78 is 16.8. The van der Waals surface area contributed by atoms with Gasteiger partial charge in [-0.2, -0.15) is 0 Å². The molecule has 0 bridgehead atoms. The maximum Gasteiger partial charge on any atom is 0.410 e. The van der Waals surface area contributed by atoms with Crippen LogP contribution in [-0.4, -0.2) is 51.2 Å². The maximum absolute atomic E-state index is 13.0.